The van der Waals surface area contributed by atoms with Crippen LogP contribution in [0.2, 0.25) is 5.02 Å². The van der Waals surface area contributed by atoms with Gasteiger partial charge in [0.05, 0.1) is 6.04 Å². The third-order valence-electron chi connectivity index (χ3n) is 6.64. The van der Waals surface area contributed by atoms with Crippen LogP contribution in [0.15, 0.2) is 95.4 Å². The van der Waals surface area contributed by atoms with E-state index in [1.807, 2.05) is 85.5 Å². The minimum absolute atomic E-state index is 0.0478. The number of rotatable bonds is 5. The lowest BCUT2D eigenvalue weighted by molar-refractivity contribution is -0.118. The van der Waals surface area contributed by atoms with Gasteiger partial charge in [-0.1, -0.05) is 54.9 Å². The summed E-state index contributed by atoms with van der Waals surface area (Å²) in [6, 6.07) is 28.0. The van der Waals surface area contributed by atoms with Crippen LogP contribution >= 0.6 is 11.6 Å². The molecule has 4 aromatic rings. The Morgan fingerprint density at radius 2 is 1.64 bits per heavy atom. The van der Waals surface area contributed by atoms with Crippen LogP contribution in [0.3, 0.4) is 0 Å². The zero-order valence-corrected chi connectivity index (χ0v) is 21.0. The van der Waals surface area contributed by atoms with Crippen molar-refractivity contribution in [1.82, 2.24) is 0 Å². The second kappa shape index (κ2) is 10.0. The summed E-state index contributed by atoms with van der Waals surface area (Å²) in [6.07, 6.45) is 0.999. The molecular formula is C30H27ClN2O3. The molecule has 0 N–H and O–H groups in total. The van der Waals surface area contributed by atoms with Crippen LogP contribution in [-0.2, 0) is 4.79 Å². The third-order valence-corrected chi connectivity index (χ3v) is 6.89. The first-order valence-corrected chi connectivity index (χ1v) is 12.5. The molecule has 5 rings (SSSR count). The molecule has 0 fully saturated rings. The molecule has 1 aliphatic rings. The maximum atomic E-state index is 13.7. The zero-order chi connectivity index (χ0) is 25.2. The predicted octanol–water partition coefficient (Wildman–Crippen LogP) is 7.52. The molecule has 1 aromatic heterocycles. The van der Waals surface area contributed by atoms with E-state index >= 15 is 0 Å². The minimum Gasteiger partial charge on any atom is -0.451 e. The molecular weight excluding hydrogens is 472 g/mol. The molecule has 6 heteroatoms. The van der Waals surface area contributed by atoms with Crippen LogP contribution in [0.5, 0.6) is 0 Å². The van der Waals surface area contributed by atoms with Crippen molar-refractivity contribution < 1.29 is 14.0 Å². The van der Waals surface area contributed by atoms with Crippen LogP contribution < -0.4 is 9.80 Å². The van der Waals surface area contributed by atoms with E-state index in [1.165, 1.54) is 0 Å². The Balaban J connectivity index is 1.51. The number of anilines is 2. The Kier molecular flexibility index (Phi) is 6.66. The summed E-state index contributed by atoms with van der Waals surface area (Å²) >= 11 is 6.01. The third kappa shape index (κ3) is 4.42. The molecule has 0 radical (unpaired) electrons. The molecule has 1 aliphatic heterocycles. The van der Waals surface area contributed by atoms with E-state index in [4.69, 9.17) is 16.0 Å². The second-order valence-electron chi connectivity index (χ2n) is 8.96. The highest BCUT2D eigenvalue weighted by Gasteiger charge is 2.39. The van der Waals surface area contributed by atoms with Gasteiger partial charge in [0.15, 0.2) is 5.76 Å². The summed E-state index contributed by atoms with van der Waals surface area (Å²) in [5.74, 6) is 0.715. The number of para-hydroxylation sites is 2. The van der Waals surface area contributed by atoms with E-state index in [2.05, 4.69) is 0 Å². The number of nitrogens with zero attached hydrogens (tertiary/aromatic N) is 2. The largest absolute Gasteiger partial charge is 0.451 e. The highest BCUT2D eigenvalue weighted by molar-refractivity contribution is 6.30. The fourth-order valence-electron chi connectivity index (χ4n) is 4.93. The molecule has 2 amide bonds. The molecule has 0 aliphatic carbocycles. The lowest BCUT2D eigenvalue weighted by atomic mass is 9.89. The van der Waals surface area contributed by atoms with Gasteiger partial charge in [-0.05, 0) is 73.5 Å². The van der Waals surface area contributed by atoms with Gasteiger partial charge in [0.2, 0.25) is 5.91 Å². The minimum atomic E-state index is -0.207. The molecule has 3 aromatic carbocycles. The number of benzene rings is 3. The van der Waals surface area contributed by atoms with Gasteiger partial charge in [-0.2, -0.15) is 0 Å². The van der Waals surface area contributed by atoms with Gasteiger partial charge in [-0.15, -0.1) is 0 Å². The SMILES string of the molecule is CCC(=O)N(c1ccccc1)[C@H]1CC(C)N(C(=O)c2ccc(-c3ccc(Cl)cc3)o2)c2ccccc21. The fourth-order valence-corrected chi connectivity index (χ4v) is 5.06. The highest BCUT2D eigenvalue weighted by atomic mass is 35.5. The van der Waals surface area contributed by atoms with Gasteiger partial charge >= 0.3 is 0 Å². The van der Waals surface area contributed by atoms with Crippen LogP contribution in [0, 0.1) is 0 Å². The molecule has 0 bridgehead atoms. The Morgan fingerprint density at radius 3 is 2.36 bits per heavy atom. The average molecular weight is 499 g/mol. The number of furan rings is 1. The van der Waals surface area contributed by atoms with Crippen molar-refractivity contribution in [3.05, 3.63) is 107 Å². The van der Waals surface area contributed by atoms with Crippen molar-refractivity contribution in [2.24, 2.45) is 0 Å². The van der Waals surface area contributed by atoms with Crippen molar-refractivity contribution in [2.75, 3.05) is 9.80 Å². The summed E-state index contributed by atoms with van der Waals surface area (Å²) in [4.78, 5) is 30.5. The first-order chi connectivity index (χ1) is 17.5. The van der Waals surface area contributed by atoms with Crippen LogP contribution in [0.1, 0.15) is 48.8 Å². The zero-order valence-electron chi connectivity index (χ0n) is 20.2. The van der Waals surface area contributed by atoms with E-state index in [-0.39, 0.29) is 29.7 Å². The quantitative estimate of drug-likeness (QED) is 0.286. The molecule has 5 nitrogen and oxygen atoms in total. The van der Waals surface area contributed by atoms with Crippen molar-refractivity contribution in [3.63, 3.8) is 0 Å². The number of amides is 2. The number of halogens is 1. The Morgan fingerprint density at radius 1 is 0.944 bits per heavy atom. The maximum Gasteiger partial charge on any atom is 0.294 e. The maximum absolute atomic E-state index is 13.7. The first-order valence-electron chi connectivity index (χ1n) is 12.1. The van der Waals surface area contributed by atoms with Gasteiger partial charge in [0.1, 0.15) is 5.76 Å². The van der Waals surface area contributed by atoms with Crippen molar-refractivity contribution in [1.29, 1.82) is 0 Å². The standard InChI is InChI=1S/C30H27ClN2O3/c1-3-29(34)33(23-9-5-4-6-10-23)26-19-20(2)32(25-12-8-7-11-24(25)26)30(35)28-18-17-27(36-28)21-13-15-22(31)16-14-21/h4-18,20,26H,3,19H2,1-2H3/t20?,26-/m0/s1. The van der Waals surface area contributed by atoms with E-state index in [0.29, 0.717) is 23.6 Å². The lowest BCUT2D eigenvalue weighted by Crippen LogP contribution is -2.47. The second-order valence-corrected chi connectivity index (χ2v) is 9.39. The molecule has 0 saturated carbocycles. The van der Waals surface area contributed by atoms with Crippen LogP contribution in [0.4, 0.5) is 11.4 Å². The van der Waals surface area contributed by atoms with E-state index in [0.717, 1.165) is 22.5 Å². The van der Waals surface area contributed by atoms with Gasteiger partial charge in [-0.25, -0.2) is 0 Å². The van der Waals surface area contributed by atoms with Crippen molar-refractivity contribution in [2.45, 2.75) is 38.8 Å². The summed E-state index contributed by atoms with van der Waals surface area (Å²) in [7, 11) is 0. The van der Waals surface area contributed by atoms with Gasteiger partial charge in [0.25, 0.3) is 5.91 Å². The molecule has 0 saturated heterocycles. The Hall–Kier alpha value is -3.83. The molecule has 0 spiro atoms. The molecule has 1 unspecified atom stereocenters. The van der Waals surface area contributed by atoms with E-state index in [1.54, 1.807) is 29.2 Å². The monoisotopic (exact) mass is 498 g/mol. The summed E-state index contributed by atoms with van der Waals surface area (Å²) in [6.45, 7) is 3.89. The van der Waals surface area contributed by atoms with E-state index in [9.17, 15) is 9.59 Å². The molecule has 182 valence electrons. The van der Waals surface area contributed by atoms with Gasteiger partial charge < -0.3 is 14.2 Å². The number of hydrogen-bond donors (Lipinski definition) is 0. The van der Waals surface area contributed by atoms with Crippen molar-refractivity contribution in [3.8, 4) is 11.3 Å². The normalized spacial score (nSPS) is 16.9. The lowest BCUT2D eigenvalue weighted by Gasteiger charge is -2.43. The molecule has 2 heterocycles. The Labute approximate surface area is 215 Å². The van der Waals surface area contributed by atoms with Crippen molar-refractivity contribution >= 4 is 34.8 Å². The summed E-state index contributed by atoms with van der Waals surface area (Å²) in [5.41, 5.74) is 3.44. The Bertz CT molecular complexity index is 1380. The number of hydrogen-bond acceptors (Lipinski definition) is 3. The summed E-state index contributed by atoms with van der Waals surface area (Å²) < 4.78 is 5.99. The first kappa shape index (κ1) is 23.9. The van der Waals surface area contributed by atoms with Gasteiger partial charge in [0, 0.05) is 34.4 Å². The number of carbonyl (C=O) groups excluding carboxylic acids is 2. The van der Waals surface area contributed by atoms with E-state index < -0.39 is 0 Å². The number of carbonyl (C=O) groups is 2. The van der Waals surface area contributed by atoms with Gasteiger partial charge in [-0.3, -0.25) is 9.59 Å². The summed E-state index contributed by atoms with van der Waals surface area (Å²) in [5, 5.41) is 0.640. The average Bonchev–Trinajstić information content (AvgIpc) is 3.40. The highest BCUT2D eigenvalue weighted by Crippen LogP contribution is 2.43. The molecule has 2 atom stereocenters. The fraction of sp³-hybridized carbons (Fsp3) is 0.200. The number of fused-ring (bicyclic) bond motifs is 1. The predicted molar refractivity (Wildman–Crippen MR) is 143 cm³/mol. The van der Waals surface area contributed by atoms with Crippen LogP contribution in [-0.4, -0.2) is 17.9 Å². The molecule has 36 heavy (non-hydrogen) atoms. The topological polar surface area (TPSA) is 53.8 Å². The smallest absolute Gasteiger partial charge is 0.294 e. The van der Waals surface area contributed by atoms with Crippen LogP contribution in [0.25, 0.3) is 11.3 Å².